The van der Waals surface area contributed by atoms with Gasteiger partial charge in [0.05, 0.1) is 19.9 Å². The summed E-state index contributed by atoms with van der Waals surface area (Å²) in [5, 5.41) is 9.17. The minimum atomic E-state index is -1.12. The number of carboxylic acid groups (broad SMARTS) is 1. The van der Waals surface area contributed by atoms with Crippen molar-refractivity contribution in [3.8, 4) is 23.0 Å². The van der Waals surface area contributed by atoms with Crippen LogP contribution in [0, 0.1) is 0 Å². The summed E-state index contributed by atoms with van der Waals surface area (Å²) < 4.78 is 15.8. The Morgan fingerprint density at radius 2 is 1.86 bits per heavy atom. The zero-order chi connectivity index (χ0) is 15.4. The molecule has 1 aromatic carbocycles. The van der Waals surface area contributed by atoms with Crippen LogP contribution in [0.2, 0.25) is 0 Å². The monoisotopic (exact) mass is 291 g/mol. The van der Waals surface area contributed by atoms with Crippen LogP contribution in [0.15, 0.2) is 22.6 Å². The number of aromatic carboxylic acids is 1. The molecule has 1 N–H and O–H groups in total. The van der Waals surface area contributed by atoms with Crippen LogP contribution in [-0.2, 0) is 6.42 Å². The summed E-state index contributed by atoms with van der Waals surface area (Å²) in [5.74, 6) is 0.168. The molecule has 1 aromatic heterocycles. The van der Waals surface area contributed by atoms with Crippen molar-refractivity contribution >= 4 is 5.97 Å². The van der Waals surface area contributed by atoms with E-state index in [1.807, 2.05) is 6.92 Å². The highest BCUT2D eigenvalue weighted by Crippen LogP contribution is 2.30. The van der Waals surface area contributed by atoms with Crippen LogP contribution in [0.4, 0.5) is 0 Å². The van der Waals surface area contributed by atoms with Crippen LogP contribution in [-0.4, -0.2) is 30.3 Å². The molecule has 1 heterocycles. The Balaban J connectivity index is 2.50. The Morgan fingerprint density at radius 1 is 1.24 bits per heavy atom. The molecule has 0 spiro atoms. The van der Waals surface area contributed by atoms with Crippen LogP contribution in [0.3, 0.4) is 0 Å². The van der Waals surface area contributed by atoms with Crippen molar-refractivity contribution in [2.45, 2.75) is 19.8 Å². The highest BCUT2D eigenvalue weighted by atomic mass is 16.5. The highest BCUT2D eigenvalue weighted by molar-refractivity contribution is 5.86. The predicted octanol–water partition coefficient (Wildman–Crippen LogP) is 3.01. The lowest BCUT2D eigenvalue weighted by Gasteiger charge is -2.06. The van der Waals surface area contributed by atoms with E-state index in [2.05, 4.69) is 4.98 Å². The lowest BCUT2D eigenvalue weighted by molar-refractivity contribution is 0.0661. The molecular weight excluding hydrogens is 274 g/mol. The zero-order valence-electron chi connectivity index (χ0n) is 12.2. The quantitative estimate of drug-likeness (QED) is 0.881. The molecule has 0 radical (unpaired) electrons. The normalized spacial score (nSPS) is 10.4. The van der Waals surface area contributed by atoms with E-state index in [4.69, 9.17) is 13.9 Å². The second-order valence-electron chi connectivity index (χ2n) is 4.45. The van der Waals surface area contributed by atoms with Gasteiger partial charge in [0, 0.05) is 11.6 Å². The number of aryl methyl sites for hydroxylation is 1. The van der Waals surface area contributed by atoms with E-state index in [-0.39, 0.29) is 11.7 Å². The molecule has 21 heavy (non-hydrogen) atoms. The fourth-order valence-electron chi connectivity index (χ4n) is 1.98. The maximum Gasteiger partial charge on any atom is 0.373 e. The Hall–Kier alpha value is -2.50. The number of oxazole rings is 1. The second-order valence-corrected chi connectivity index (χ2v) is 4.45. The van der Waals surface area contributed by atoms with Gasteiger partial charge in [0.25, 0.3) is 0 Å². The molecule has 0 atom stereocenters. The van der Waals surface area contributed by atoms with Gasteiger partial charge in [-0.1, -0.05) is 13.3 Å². The molecule has 6 nitrogen and oxygen atoms in total. The van der Waals surface area contributed by atoms with Crippen molar-refractivity contribution in [2.75, 3.05) is 14.2 Å². The fraction of sp³-hybridized carbons (Fsp3) is 0.333. The third kappa shape index (κ3) is 3.16. The molecule has 2 rings (SSSR count). The molecule has 0 saturated carbocycles. The summed E-state index contributed by atoms with van der Waals surface area (Å²) in [6, 6.07) is 5.16. The number of methoxy groups -OCH3 is 2. The van der Waals surface area contributed by atoms with Crippen molar-refractivity contribution in [1.29, 1.82) is 0 Å². The number of hydrogen-bond acceptors (Lipinski definition) is 5. The van der Waals surface area contributed by atoms with E-state index in [0.29, 0.717) is 29.2 Å². The van der Waals surface area contributed by atoms with Crippen LogP contribution in [0.25, 0.3) is 11.5 Å². The summed E-state index contributed by atoms with van der Waals surface area (Å²) in [4.78, 5) is 15.5. The lowest BCUT2D eigenvalue weighted by Crippen LogP contribution is -1.99. The molecule has 0 amide bonds. The molecule has 0 fully saturated rings. The zero-order valence-corrected chi connectivity index (χ0v) is 12.2. The molecule has 6 heteroatoms. The van der Waals surface area contributed by atoms with Crippen LogP contribution < -0.4 is 9.47 Å². The van der Waals surface area contributed by atoms with E-state index in [0.717, 1.165) is 6.42 Å². The number of hydrogen-bond donors (Lipinski definition) is 1. The largest absolute Gasteiger partial charge is 0.497 e. The first-order chi connectivity index (χ1) is 10.1. The molecule has 0 aliphatic heterocycles. The third-order valence-corrected chi connectivity index (χ3v) is 2.98. The topological polar surface area (TPSA) is 81.8 Å². The molecule has 0 saturated heterocycles. The van der Waals surface area contributed by atoms with Gasteiger partial charge in [0.15, 0.2) is 0 Å². The highest BCUT2D eigenvalue weighted by Gasteiger charge is 2.20. The van der Waals surface area contributed by atoms with Crippen LogP contribution >= 0.6 is 0 Å². The molecule has 2 aromatic rings. The molecule has 112 valence electrons. The van der Waals surface area contributed by atoms with Crippen LogP contribution in [0.5, 0.6) is 11.5 Å². The van der Waals surface area contributed by atoms with Gasteiger partial charge in [0.1, 0.15) is 11.5 Å². The summed E-state index contributed by atoms with van der Waals surface area (Å²) in [6.45, 7) is 1.95. The Kier molecular flexibility index (Phi) is 4.47. The van der Waals surface area contributed by atoms with Gasteiger partial charge in [-0.05, 0) is 18.6 Å². The summed E-state index contributed by atoms with van der Waals surface area (Å²) in [7, 11) is 3.08. The second kappa shape index (κ2) is 6.30. The van der Waals surface area contributed by atoms with Gasteiger partial charge in [-0.2, -0.15) is 0 Å². The van der Waals surface area contributed by atoms with E-state index in [9.17, 15) is 9.90 Å². The summed E-state index contributed by atoms with van der Waals surface area (Å²) >= 11 is 0. The van der Waals surface area contributed by atoms with E-state index >= 15 is 0 Å². The van der Waals surface area contributed by atoms with Crippen molar-refractivity contribution < 1.29 is 23.8 Å². The first-order valence-corrected chi connectivity index (χ1v) is 6.55. The predicted molar refractivity (Wildman–Crippen MR) is 76.0 cm³/mol. The smallest absolute Gasteiger partial charge is 0.373 e. The first kappa shape index (κ1) is 14.9. The molecule has 0 aliphatic rings. The van der Waals surface area contributed by atoms with Gasteiger partial charge >= 0.3 is 5.97 Å². The van der Waals surface area contributed by atoms with E-state index < -0.39 is 5.97 Å². The van der Waals surface area contributed by atoms with Gasteiger partial charge in [-0.25, -0.2) is 9.78 Å². The average Bonchev–Trinajstić information content (AvgIpc) is 2.91. The third-order valence-electron chi connectivity index (χ3n) is 2.98. The average molecular weight is 291 g/mol. The Bertz CT molecular complexity index is 625. The molecule has 0 unspecified atom stereocenters. The standard InChI is InChI=1S/C15H17NO5/c1-4-5-12-13(15(17)18)21-14(16-12)9-6-10(19-2)8-11(7-9)20-3/h6-8H,4-5H2,1-3H3,(H,17,18). The maximum absolute atomic E-state index is 11.2. The SMILES string of the molecule is CCCc1nc(-c2cc(OC)cc(OC)c2)oc1C(=O)O. The molecular formula is C15H17NO5. The Morgan fingerprint density at radius 3 is 2.33 bits per heavy atom. The van der Waals surface area contributed by atoms with Gasteiger partial charge in [-0.3, -0.25) is 0 Å². The summed E-state index contributed by atoms with van der Waals surface area (Å²) in [6.07, 6.45) is 1.33. The Labute approximate surface area is 122 Å². The van der Waals surface area contributed by atoms with Crippen LogP contribution in [0.1, 0.15) is 29.6 Å². The molecule has 0 bridgehead atoms. The number of nitrogens with zero attached hydrogens (tertiary/aromatic N) is 1. The van der Waals surface area contributed by atoms with Crippen molar-refractivity contribution in [3.05, 3.63) is 29.7 Å². The number of ether oxygens (including phenoxy) is 2. The summed E-state index contributed by atoms with van der Waals surface area (Å²) in [5.41, 5.74) is 1.05. The van der Waals surface area contributed by atoms with Crippen molar-refractivity contribution in [3.63, 3.8) is 0 Å². The van der Waals surface area contributed by atoms with Crippen molar-refractivity contribution in [2.24, 2.45) is 0 Å². The maximum atomic E-state index is 11.2. The number of benzene rings is 1. The number of aromatic nitrogens is 1. The first-order valence-electron chi connectivity index (χ1n) is 6.55. The number of rotatable bonds is 6. The van der Waals surface area contributed by atoms with Gasteiger partial charge in [0.2, 0.25) is 11.7 Å². The molecule has 0 aliphatic carbocycles. The number of carboxylic acids is 1. The minimum absolute atomic E-state index is 0.117. The lowest BCUT2D eigenvalue weighted by atomic mass is 10.2. The van der Waals surface area contributed by atoms with E-state index in [1.165, 1.54) is 0 Å². The van der Waals surface area contributed by atoms with Crippen molar-refractivity contribution in [1.82, 2.24) is 4.98 Å². The van der Waals surface area contributed by atoms with E-state index in [1.54, 1.807) is 32.4 Å². The van der Waals surface area contributed by atoms with Gasteiger partial charge < -0.3 is 19.0 Å². The minimum Gasteiger partial charge on any atom is -0.497 e. The number of carbonyl (C=O) groups is 1. The van der Waals surface area contributed by atoms with Gasteiger partial charge in [-0.15, -0.1) is 0 Å². The fourth-order valence-corrected chi connectivity index (χ4v) is 1.98.